The lowest BCUT2D eigenvalue weighted by Gasteiger charge is -2.40. The van der Waals surface area contributed by atoms with Crippen molar-refractivity contribution in [2.75, 3.05) is 59.2 Å². The fourth-order valence-electron chi connectivity index (χ4n) is 6.87. The average molecular weight is 532 g/mol. The first-order valence-electron chi connectivity index (χ1n) is 14.1. The summed E-state index contributed by atoms with van der Waals surface area (Å²) in [4.78, 5) is 47.6. The molecule has 0 aromatic carbocycles. The normalized spacial score (nSPS) is 37.8. The van der Waals surface area contributed by atoms with E-state index in [1.807, 2.05) is 31.2 Å². The van der Waals surface area contributed by atoms with E-state index < -0.39 is 41.1 Å². The molecule has 0 radical (unpaired) electrons. The van der Waals surface area contributed by atoms with Gasteiger partial charge < -0.3 is 29.1 Å². The molecule has 0 aromatic rings. The van der Waals surface area contributed by atoms with E-state index in [0.29, 0.717) is 45.9 Å². The molecule has 0 saturated carbocycles. The number of allylic oxidation sites excluding steroid dienone is 1. The number of hydrogen-bond acceptors (Lipinski definition) is 8. The number of esters is 1. The van der Waals surface area contributed by atoms with Crippen LogP contribution >= 0.6 is 0 Å². The second-order valence-corrected chi connectivity index (χ2v) is 11.1. The number of aliphatic hydroxyl groups excluding tert-OH is 1. The number of amides is 2. The predicted molar refractivity (Wildman–Crippen MR) is 138 cm³/mol. The highest BCUT2D eigenvalue weighted by Crippen LogP contribution is 2.58. The Hall–Kier alpha value is -2.27. The van der Waals surface area contributed by atoms with E-state index in [1.54, 1.807) is 11.8 Å². The zero-order chi connectivity index (χ0) is 26.9. The average Bonchev–Trinajstić information content (AvgIpc) is 3.30. The molecule has 5 aliphatic rings. The number of morpholine rings is 1. The molecule has 5 aliphatic heterocycles. The van der Waals surface area contributed by atoms with Crippen LogP contribution in [-0.4, -0.2) is 120 Å². The molecule has 10 heteroatoms. The molecule has 210 valence electrons. The molecule has 6 atom stereocenters. The van der Waals surface area contributed by atoms with Crippen molar-refractivity contribution < 1.29 is 33.7 Å². The van der Waals surface area contributed by atoms with E-state index in [-0.39, 0.29) is 18.4 Å². The number of likely N-dealkylation sites (tertiary alicyclic amines) is 1. The van der Waals surface area contributed by atoms with Gasteiger partial charge in [-0.25, -0.2) is 0 Å². The Morgan fingerprint density at radius 3 is 2.55 bits per heavy atom. The zero-order valence-corrected chi connectivity index (χ0v) is 22.5. The standard InChI is InChI=1S/C28H41N3O7/c1-3-27-9-6-4-5-7-16-37-26(35)22(27)21-24(33)31(20(2)19-32)23-25(34)30(11-8-10-28(21,23)38-27)13-12-29-14-17-36-18-15-29/h6,8-10,20-23,32H,3-5,7,11-19H2,1-2H3/b9-6-/t20-,21+,22-,23?,27+,28+/m1/s1. The van der Waals surface area contributed by atoms with Gasteiger partial charge in [0, 0.05) is 32.7 Å². The van der Waals surface area contributed by atoms with E-state index in [0.717, 1.165) is 32.4 Å². The number of carbonyl (C=O) groups excluding carboxylic acids is 3. The van der Waals surface area contributed by atoms with Crippen molar-refractivity contribution in [2.24, 2.45) is 11.8 Å². The van der Waals surface area contributed by atoms with Crippen LogP contribution in [0.25, 0.3) is 0 Å². The molecule has 2 amide bonds. The third-order valence-corrected chi connectivity index (χ3v) is 8.93. The second kappa shape index (κ2) is 11.1. The molecule has 0 bridgehead atoms. The highest BCUT2D eigenvalue weighted by atomic mass is 16.6. The summed E-state index contributed by atoms with van der Waals surface area (Å²) in [5.74, 6) is -2.82. The first kappa shape index (κ1) is 27.3. The molecule has 5 rings (SSSR count). The first-order chi connectivity index (χ1) is 18.4. The molecular formula is C28H41N3O7. The van der Waals surface area contributed by atoms with Crippen molar-refractivity contribution >= 4 is 17.8 Å². The van der Waals surface area contributed by atoms with E-state index in [4.69, 9.17) is 14.2 Å². The molecule has 1 N–H and O–H groups in total. The highest BCUT2D eigenvalue weighted by Gasteiger charge is 2.75. The Balaban J connectivity index is 1.54. The molecule has 3 saturated heterocycles. The molecular weight excluding hydrogens is 490 g/mol. The first-order valence-corrected chi connectivity index (χ1v) is 14.1. The monoisotopic (exact) mass is 531 g/mol. The SMILES string of the molecule is CC[C@]12/C=C\CCCCOC(=O)[C@H]1[C@H]1C(=O)N([C@H](C)CO)C3C(=O)N(CCN4CCOCC4)CC=C[C@@]31O2. The van der Waals surface area contributed by atoms with Crippen molar-refractivity contribution in [1.29, 1.82) is 0 Å². The van der Waals surface area contributed by atoms with Gasteiger partial charge in [0.05, 0.1) is 38.4 Å². The predicted octanol–water partition coefficient (Wildman–Crippen LogP) is 0.742. The van der Waals surface area contributed by atoms with E-state index in [9.17, 15) is 19.5 Å². The van der Waals surface area contributed by atoms with Crippen LogP contribution in [0.1, 0.15) is 39.5 Å². The largest absolute Gasteiger partial charge is 0.465 e. The summed E-state index contributed by atoms with van der Waals surface area (Å²) in [6, 6.07) is -1.59. The van der Waals surface area contributed by atoms with Crippen LogP contribution in [0.3, 0.4) is 0 Å². The van der Waals surface area contributed by atoms with Gasteiger partial charge in [0.15, 0.2) is 0 Å². The fraction of sp³-hybridized carbons (Fsp3) is 0.750. The van der Waals surface area contributed by atoms with Crippen molar-refractivity contribution in [2.45, 2.75) is 62.8 Å². The maximum Gasteiger partial charge on any atom is 0.313 e. The Labute approximate surface area is 224 Å². The summed E-state index contributed by atoms with van der Waals surface area (Å²) >= 11 is 0. The minimum Gasteiger partial charge on any atom is -0.465 e. The van der Waals surface area contributed by atoms with Crippen LogP contribution in [0.5, 0.6) is 0 Å². The Bertz CT molecular complexity index is 979. The van der Waals surface area contributed by atoms with Gasteiger partial charge in [-0.15, -0.1) is 0 Å². The summed E-state index contributed by atoms with van der Waals surface area (Å²) in [5, 5.41) is 10.1. The van der Waals surface area contributed by atoms with Crippen LogP contribution in [-0.2, 0) is 28.6 Å². The Morgan fingerprint density at radius 2 is 1.82 bits per heavy atom. The molecule has 38 heavy (non-hydrogen) atoms. The van der Waals surface area contributed by atoms with Crippen LogP contribution in [0.15, 0.2) is 24.3 Å². The molecule has 1 spiro atoms. The molecule has 10 nitrogen and oxygen atoms in total. The van der Waals surface area contributed by atoms with Gasteiger partial charge in [-0.3, -0.25) is 19.3 Å². The van der Waals surface area contributed by atoms with Gasteiger partial charge in [-0.05, 0) is 32.6 Å². The van der Waals surface area contributed by atoms with Gasteiger partial charge >= 0.3 is 5.97 Å². The minimum atomic E-state index is -1.33. The Morgan fingerprint density at radius 1 is 1.03 bits per heavy atom. The molecule has 1 unspecified atom stereocenters. The number of aliphatic hydroxyl groups is 1. The van der Waals surface area contributed by atoms with Crippen molar-refractivity contribution in [3.63, 3.8) is 0 Å². The number of fused-ring (bicyclic) bond motifs is 2. The molecule has 0 aromatic heterocycles. The van der Waals surface area contributed by atoms with Crippen molar-refractivity contribution in [3.05, 3.63) is 24.3 Å². The van der Waals surface area contributed by atoms with Gasteiger partial charge in [-0.2, -0.15) is 0 Å². The van der Waals surface area contributed by atoms with Crippen LogP contribution in [0.2, 0.25) is 0 Å². The highest BCUT2D eigenvalue weighted by molar-refractivity contribution is 5.99. The smallest absolute Gasteiger partial charge is 0.313 e. The van der Waals surface area contributed by atoms with Crippen LogP contribution in [0.4, 0.5) is 0 Å². The molecule has 0 aliphatic carbocycles. The van der Waals surface area contributed by atoms with Crippen molar-refractivity contribution in [1.82, 2.24) is 14.7 Å². The van der Waals surface area contributed by atoms with Crippen LogP contribution < -0.4 is 0 Å². The third kappa shape index (κ3) is 4.49. The Kier molecular flexibility index (Phi) is 7.96. The van der Waals surface area contributed by atoms with Crippen LogP contribution in [0, 0.1) is 11.8 Å². The maximum atomic E-state index is 14.3. The third-order valence-electron chi connectivity index (χ3n) is 8.93. The summed E-state index contributed by atoms with van der Waals surface area (Å²) in [6.45, 7) is 8.24. The number of carbonyl (C=O) groups is 3. The lowest BCUT2D eigenvalue weighted by atomic mass is 9.73. The lowest BCUT2D eigenvalue weighted by Crippen LogP contribution is -2.59. The van der Waals surface area contributed by atoms with Gasteiger partial charge in [0.25, 0.3) is 0 Å². The number of cyclic esters (lactones) is 1. The topological polar surface area (TPSA) is 109 Å². The quantitative estimate of drug-likeness (QED) is 0.395. The minimum absolute atomic E-state index is 0.216. The van der Waals surface area contributed by atoms with E-state index in [2.05, 4.69) is 4.90 Å². The number of hydrogen-bond donors (Lipinski definition) is 1. The summed E-state index contributed by atoms with van der Waals surface area (Å²) < 4.78 is 18.1. The second-order valence-electron chi connectivity index (χ2n) is 11.1. The molecule has 3 fully saturated rings. The van der Waals surface area contributed by atoms with E-state index in [1.165, 1.54) is 4.90 Å². The van der Waals surface area contributed by atoms with E-state index >= 15 is 0 Å². The van der Waals surface area contributed by atoms with Gasteiger partial charge in [0.1, 0.15) is 23.2 Å². The van der Waals surface area contributed by atoms with Gasteiger partial charge in [-0.1, -0.05) is 31.2 Å². The maximum absolute atomic E-state index is 14.3. The lowest BCUT2D eigenvalue weighted by molar-refractivity contribution is -0.163. The molecule has 5 heterocycles. The number of nitrogens with zero attached hydrogens (tertiary/aromatic N) is 3. The summed E-state index contributed by atoms with van der Waals surface area (Å²) in [5.41, 5.74) is -2.39. The van der Waals surface area contributed by atoms with Gasteiger partial charge in [0.2, 0.25) is 11.8 Å². The van der Waals surface area contributed by atoms with Crippen molar-refractivity contribution in [3.8, 4) is 0 Å². The summed E-state index contributed by atoms with van der Waals surface area (Å²) in [7, 11) is 0. The zero-order valence-electron chi connectivity index (χ0n) is 22.5. The fourth-order valence-corrected chi connectivity index (χ4v) is 6.87. The number of ether oxygens (including phenoxy) is 3. The number of rotatable bonds is 6. The summed E-state index contributed by atoms with van der Waals surface area (Å²) in [6.07, 6.45) is 10.6.